The quantitative estimate of drug-likeness (QED) is 0.691. The fourth-order valence-corrected chi connectivity index (χ4v) is 2.22. The third-order valence-corrected chi connectivity index (χ3v) is 3.26. The number of fused-ring (bicyclic) bond motifs is 1. The number of hydrogen-bond donors (Lipinski definition) is 0. The van der Waals surface area contributed by atoms with Crippen molar-refractivity contribution in [1.82, 2.24) is 9.97 Å². The maximum Gasteiger partial charge on any atom is 0.141 e. The standard InChI is InChI=1S/C13H9N2OS/c1-16-10-4-2-9-3-5-11(15-12(9)8-10)13-14-6-7-17-13/h2,4-8H,1H3. The van der Waals surface area contributed by atoms with Crippen LogP contribution in [-0.2, 0) is 0 Å². The first-order valence-corrected chi connectivity index (χ1v) is 6.01. The van der Waals surface area contributed by atoms with Gasteiger partial charge in [0.15, 0.2) is 0 Å². The maximum absolute atomic E-state index is 5.19. The van der Waals surface area contributed by atoms with E-state index in [1.807, 2.05) is 29.6 Å². The summed E-state index contributed by atoms with van der Waals surface area (Å²) in [5, 5.41) is 3.82. The molecule has 2 aromatic heterocycles. The average molecular weight is 241 g/mol. The van der Waals surface area contributed by atoms with Gasteiger partial charge in [0.05, 0.1) is 12.6 Å². The van der Waals surface area contributed by atoms with E-state index in [1.165, 1.54) is 0 Å². The van der Waals surface area contributed by atoms with Gasteiger partial charge in [-0.15, -0.1) is 11.3 Å². The molecule has 0 saturated heterocycles. The van der Waals surface area contributed by atoms with Crippen LogP contribution in [0.2, 0.25) is 0 Å². The number of methoxy groups -OCH3 is 1. The van der Waals surface area contributed by atoms with E-state index in [4.69, 9.17) is 4.74 Å². The first-order valence-electron chi connectivity index (χ1n) is 5.13. The van der Waals surface area contributed by atoms with Crippen molar-refractivity contribution in [3.8, 4) is 16.5 Å². The molecule has 1 radical (unpaired) electrons. The first-order chi connectivity index (χ1) is 8.36. The average Bonchev–Trinajstić information content (AvgIpc) is 2.91. The number of pyridine rings is 1. The molecule has 0 aliphatic heterocycles. The Labute approximate surface area is 103 Å². The summed E-state index contributed by atoms with van der Waals surface area (Å²) < 4.78 is 5.19. The van der Waals surface area contributed by atoms with Gasteiger partial charge in [-0.25, -0.2) is 9.97 Å². The Bertz CT molecular complexity index is 650. The minimum Gasteiger partial charge on any atom is -0.497 e. The van der Waals surface area contributed by atoms with Gasteiger partial charge in [-0.3, -0.25) is 0 Å². The number of aromatic nitrogens is 2. The number of thiazole rings is 1. The summed E-state index contributed by atoms with van der Waals surface area (Å²) in [7, 11) is 1.65. The monoisotopic (exact) mass is 241 g/mol. The highest BCUT2D eigenvalue weighted by atomic mass is 32.1. The number of rotatable bonds is 2. The minimum absolute atomic E-state index is 0.801. The lowest BCUT2D eigenvalue weighted by atomic mass is 10.2. The maximum atomic E-state index is 5.19. The molecule has 4 heteroatoms. The highest BCUT2D eigenvalue weighted by Gasteiger charge is 2.04. The van der Waals surface area contributed by atoms with E-state index in [0.29, 0.717) is 0 Å². The lowest BCUT2D eigenvalue weighted by molar-refractivity contribution is 0.415. The van der Waals surface area contributed by atoms with Crippen LogP contribution >= 0.6 is 11.3 Å². The molecule has 3 aromatic rings. The van der Waals surface area contributed by atoms with E-state index in [2.05, 4.69) is 16.0 Å². The lowest BCUT2D eigenvalue weighted by Gasteiger charge is -2.02. The number of hydrogen-bond acceptors (Lipinski definition) is 4. The molecule has 2 heterocycles. The van der Waals surface area contributed by atoms with Crippen LogP contribution in [0.15, 0.2) is 35.8 Å². The Morgan fingerprint density at radius 3 is 3.06 bits per heavy atom. The van der Waals surface area contributed by atoms with Gasteiger partial charge in [0.25, 0.3) is 0 Å². The fourth-order valence-electron chi connectivity index (χ4n) is 1.62. The summed E-state index contributed by atoms with van der Waals surface area (Å²) >= 11 is 1.57. The van der Waals surface area contributed by atoms with Crippen molar-refractivity contribution >= 4 is 22.2 Å². The molecule has 1 aromatic carbocycles. The minimum atomic E-state index is 0.801. The Morgan fingerprint density at radius 1 is 1.35 bits per heavy atom. The zero-order chi connectivity index (χ0) is 11.7. The molecule has 0 aliphatic rings. The van der Waals surface area contributed by atoms with Gasteiger partial charge in [-0.05, 0) is 24.3 Å². The molecule has 0 fully saturated rings. The molecule has 83 valence electrons. The predicted octanol–water partition coefficient (Wildman–Crippen LogP) is 3.17. The summed E-state index contributed by atoms with van der Waals surface area (Å²) in [4.78, 5) is 8.80. The molecule has 0 N–H and O–H groups in total. The van der Waals surface area contributed by atoms with E-state index < -0.39 is 0 Å². The molecular formula is C13H9N2OS. The van der Waals surface area contributed by atoms with Crippen molar-refractivity contribution in [3.05, 3.63) is 41.9 Å². The van der Waals surface area contributed by atoms with E-state index in [1.54, 1.807) is 24.6 Å². The summed E-state index contributed by atoms with van der Waals surface area (Å²) in [6.07, 6.45) is 1.78. The third kappa shape index (κ3) is 1.87. The summed E-state index contributed by atoms with van der Waals surface area (Å²) in [5.74, 6) is 0.801. The molecule has 0 aliphatic carbocycles. The highest BCUT2D eigenvalue weighted by Crippen LogP contribution is 2.24. The van der Waals surface area contributed by atoms with Crippen molar-refractivity contribution in [2.45, 2.75) is 0 Å². The van der Waals surface area contributed by atoms with E-state index in [0.717, 1.165) is 27.4 Å². The molecule has 17 heavy (non-hydrogen) atoms. The molecule has 3 rings (SSSR count). The van der Waals surface area contributed by atoms with E-state index in [9.17, 15) is 0 Å². The topological polar surface area (TPSA) is 35.0 Å². The number of ether oxygens (including phenoxy) is 1. The molecule has 0 atom stereocenters. The zero-order valence-corrected chi connectivity index (χ0v) is 9.99. The van der Waals surface area contributed by atoms with Crippen LogP contribution in [0.25, 0.3) is 21.6 Å². The van der Waals surface area contributed by atoms with Gasteiger partial charge >= 0.3 is 0 Å². The van der Waals surface area contributed by atoms with Gasteiger partial charge in [0, 0.05) is 23.0 Å². The molecule has 0 amide bonds. The van der Waals surface area contributed by atoms with E-state index >= 15 is 0 Å². The molecular weight excluding hydrogens is 232 g/mol. The number of nitrogens with zero attached hydrogens (tertiary/aromatic N) is 2. The second kappa shape index (κ2) is 4.14. The van der Waals surface area contributed by atoms with Crippen LogP contribution in [0, 0.1) is 6.07 Å². The zero-order valence-electron chi connectivity index (χ0n) is 9.18. The van der Waals surface area contributed by atoms with E-state index in [-0.39, 0.29) is 0 Å². The molecule has 0 spiro atoms. The first kappa shape index (κ1) is 10.2. The van der Waals surface area contributed by atoms with Crippen LogP contribution in [0.1, 0.15) is 0 Å². The van der Waals surface area contributed by atoms with Crippen LogP contribution in [0.4, 0.5) is 0 Å². The van der Waals surface area contributed by atoms with Crippen molar-refractivity contribution in [2.24, 2.45) is 0 Å². The van der Waals surface area contributed by atoms with Gasteiger partial charge in [0.1, 0.15) is 16.5 Å². The predicted molar refractivity (Wildman–Crippen MR) is 68.2 cm³/mol. The largest absolute Gasteiger partial charge is 0.497 e. The second-order valence-corrected chi connectivity index (χ2v) is 4.40. The van der Waals surface area contributed by atoms with Crippen LogP contribution in [0.3, 0.4) is 0 Å². The van der Waals surface area contributed by atoms with Crippen molar-refractivity contribution < 1.29 is 4.74 Å². The second-order valence-electron chi connectivity index (χ2n) is 3.51. The molecule has 0 bridgehead atoms. The van der Waals surface area contributed by atoms with Crippen molar-refractivity contribution in [3.63, 3.8) is 0 Å². The molecule has 0 unspecified atom stereocenters. The molecule has 3 nitrogen and oxygen atoms in total. The lowest BCUT2D eigenvalue weighted by Crippen LogP contribution is -1.87. The Balaban J connectivity index is 2.17. The third-order valence-electron chi connectivity index (χ3n) is 2.46. The van der Waals surface area contributed by atoms with Crippen LogP contribution in [-0.4, -0.2) is 17.1 Å². The Morgan fingerprint density at radius 2 is 2.29 bits per heavy atom. The smallest absolute Gasteiger partial charge is 0.141 e. The fraction of sp³-hybridized carbons (Fsp3) is 0.0769. The van der Waals surface area contributed by atoms with Crippen LogP contribution in [0.5, 0.6) is 5.75 Å². The van der Waals surface area contributed by atoms with Crippen molar-refractivity contribution in [2.75, 3.05) is 7.11 Å². The molecule has 0 saturated carbocycles. The summed E-state index contributed by atoms with van der Waals surface area (Å²) in [6.45, 7) is 0. The summed E-state index contributed by atoms with van der Waals surface area (Å²) in [6, 6.07) is 10.8. The van der Waals surface area contributed by atoms with Gasteiger partial charge in [-0.1, -0.05) is 0 Å². The Kier molecular flexibility index (Phi) is 2.49. The summed E-state index contributed by atoms with van der Waals surface area (Å²) in [5.41, 5.74) is 1.72. The highest BCUT2D eigenvalue weighted by molar-refractivity contribution is 7.13. The van der Waals surface area contributed by atoms with Gasteiger partial charge in [-0.2, -0.15) is 0 Å². The van der Waals surface area contributed by atoms with Crippen molar-refractivity contribution in [1.29, 1.82) is 0 Å². The van der Waals surface area contributed by atoms with Gasteiger partial charge in [0.2, 0.25) is 0 Å². The SMILES string of the molecule is COc1ccc2[c]cc(-c3nccs3)nc2c1. The van der Waals surface area contributed by atoms with Crippen LogP contribution < -0.4 is 4.74 Å². The normalized spacial score (nSPS) is 10.6. The van der Waals surface area contributed by atoms with Gasteiger partial charge < -0.3 is 4.74 Å². The Hall–Kier alpha value is -1.94. The number of benzene rings is 1.